The molecular formula is C12H20NO. The SMILES string of the molecule is [O]C1CCN(C2CC(C3CC3)C2)CC1. The van der Waals surface area contributed by atoms with Crippen LogP contribution in [0, 0.1) is 11.8 Å². The highest BCUT2D eigenvalue weighted by Gasteiger charge is 2.42. The van der Waals surface area contributed by atoms with Gasteiger partial charge in [0.2, 0.25) is 0 Å². The average molecular weight is 194 g/mol. The summed E-state index contributed by atoms with van der Waals surface area (Å²) in [6, 6.07) is 0.855. The second-order valence-electron chi connectivity index (χ2n) is 5.46. The van der Waals surface area contributed by atoms with E-state index in [2.05, 4.69) is 4.90 Å². The maximum Gasteiger partial charge on any atom is 0.0954 e. The van der Waals surface area contributed by atoms with E-state index in [-0.39, 0.29) is 6.10 Å². The zero-order valence-corrected chi connectivity index (χ0v) is 8.82. The molecule has 0 unspecified atom stereocenters. The third kappa shape index (κ3) is 1.70. The van der Waals surface area contributed by atoms with Crippen molar-refractivity contribution in [3.05, 3.63) is 0 Å². The Kier molecular flexibility index (Phi) is 2.29. The van der Waals surface area contributed by atoms with Crippen LogP contribution in [-0.4, -0.2) is 30.1 Å². The van der Waals surface area contributed by atoms with Gasteiger partial charge in [0.1, 0.15) is 0 Å². The molecule has 2 nitrogen and oxygen atoms in total. The molecule has 1 saturated heterocycles. The molecule has 2 heteroatoms. The van der Waals surface area contributed by atoms with Crippen molar-refractivity contribution in [3.8, 4) is 0 Å². The van der Waals surface area contributed by atoms with Gasteiger partial charge in [0.15, 0.2) is 0 Å². The van der Waals surface area contributed by atoms with E-state index in [0.29, 0.717) is 0 Å². The second-order valence-corrected chi connectivity index (χ2v) is 5.46. The molecular weight excluding hydrogens is 174 g/mol. The van der Waals surface area contributed by atoms with Crippen molar-refractivity contribution in [2.24, 2.45) is 11.8 Å². The van der Waals surface area contributed by atoms with Crippen molar-refractivity contribution in [1.82, 2.24) is 4.90 Å². The van der Waals surface area contributed by atoms with Crippen LogP contribution in [0.1, 0.15) is 38.5 Å². The van der Waals surface area contributed by atoms with Crippen LogP contribution in [0.25, 0.3) is 0 Å². The minimum absolute atomic E-state index is 0.259. The first-order valence-corrected chi connectivity index (χ1v) is 6.23. The number of nitrogens with zero attached hydrogens (tertiary/aromatic N) is 1. The molecule has 0 N–H and O–H groups in total. The van der Waals surface area contributed by atoms with Gasteiger partial charge in [-0.25, -0.2) is 5.11 Å². The molecule has 0 aromatic heterocycles. The lowest BCUT2D eigenvalue weighted by Gasteiger charge is -2.45. The van der Waals surface area contributed by atoms with Crippen LogP contribution in [-0.2, 0) is 5.11 Å². The molecule has 0 aromatic rings. The summed E-state index contributed by atoms with van der Waals surface area (Å²) < 4.78 is 0. The fraction of sp³-hybridized carbons (Fsp3) is 1.00. The van der Waals surface area contributed by atoms with Crippen molar-refractivity contribution in [1.29, 1.82) is 0 Å². The predicted molar refractivity (Wildman–Crippen MR) is 54.5 cm³/mol. The van der Waals surface area contributed by atoms with Crippen molar-refractivity contribution >= 4 is 0 Å². The molecule has 0 aromatic carbocycles. The fourth-order valence-corrected chi connectivity index (χ4v) is 3.12. The monoisotopic (exact) mass is 194 g/mol. The molecule has 3 fully saturated rings. The van der Waals surface area contributed by atoms with Crippen LogP contribution in [0.5, 0.6) is 0 Å². The van der Waals surface area contributed by atoms with E-state index in [4.69, 9.17) is 0 Å². The van der Waals surface area contributed by atoms with Gasteiger partial charge < -0.3 is 4.90 Å². The molecule has 1 heterocycles. The summed E-state index contributed by atoms with van der Waals surface area (Å²) in [7, 11) is 0. The second kappa shape index (κ2) is 3.49. The topological polar surface area (TPSA) is 23.1 Å². The molecule has 79 valence electrons. The minimum atomic E-state index is -0.259. The smallest absolute Gasteiger partial charge is 0.0954 e. The summed E-state index contributed by atoms with van der Waals surface area (Å²) in [6.45, 7) is 2.16. The van der Waals surface area contributed by atoms with Gasteiger partial charge in [-0.05, 0) is 50.4 Å². The fourth-order valence-electron chi connectivity index (χ4n) is 3.12. The van der Waals surface area contributed by atoms with Gasteiger partial charge in [0.25, 0.3) is 0 Å². The molecule has 2 aliphatic carbocycles. The van der Waals surface area contributed by atoms with Crippen LogP contribution in [0.3, 0.4) is 0 Å². The normalized spacial score (nSPS) is 40.9. The van der Waals surface area contributed by atoms with E-state index >= 15 is 0 Å². The van der Waals surface area contributed by atoms with Crippen LogP contribution in [0.15, 0.2) is 0 Å². The average Bonchev–Trinajstić information content (AvgIpc) is 2.89. The highest BCUT2D eigenvalue weighted by molar-refractivity contribution is 4.95. The molecule has 0 bridgehead atoms. The maximum absolute atomic E-state index is 11.2. The van der Waals surface area contributed by atoms with E-state index in [9.17, 15) is 5.11 Å². The van der Waals surface area contributed by atoms with Gasteiger partial charge in [-0.1, -0.05) is 0 Å². The highest BCUT2D eigenvalue weighted by Crippen LogP contribution is 2.48. The lowest BCUT2D eigenvalue weighted by atomic mass is 9.75. The number of piperidine rings is 1. The highest BCUT2D eigenvalue weighted by atomic mass is 16.3. The Balaban J connectivity index is 1.44. The largest absolute Gasteiger partial charge is 0.300 e. The Morgan fingerprint density at radius 1 is 0.857 bits per heavy atom. The van der Waals surface area contributed by atoms with E-state index in [1.807, 2.05) is 0 Å². The van der Waals surface area contributed by atoms with Gasteiger partial charge in [0, 0.05) is 19.1 Å². The summed E-state index contributed by atoms with van der Waals surface area (Å²) in [5, 5.41) is 11.2. The summed E-state index contributed by atoms with van der Waals surface area (Å²) >= 11 is 0. The minimum Gasteiger partial charge on any atom is -0.300 e. The molecule has 3 aliphatic rings. The zero-order chi connectivity index (χ0) is 9.54. The zero-order valence-electron chi connectivity index (χ0n) is 8.82. The number of rotatable bonds is 2. The standard InChI is InChI=1S/C12H20NO/c14-12-3-5-13(6-4-12)11-7-10(8-11)9-1-2-9/h9-12H,1-8H2. The number of hydrogen-bond donors (Lipinski definition) is 0. The lowest BCUT2D eigenvalue weighted by molar-refractivity contribution is -0.0129. The first kappa shape index (κ1) is 9.17. The van der Waals surface area contributed by atoms with Crippen LogP contribution < -0.4 is 0 Å². The molecule has 1 radical (unpaired) electrons. The van der Waals surface area contributed by atoms with E-state index in [1.54, 1.807) is 0 Å². The van der Waals surface area contributed by atoms with Crippen LogP contribution in [0.2, 0.25) is 0 Å². The number of likely N-dealkylation sites (tertiary alicyclic amines) is 1. The molecule has 1 aliphatic heterocycles. The maximum atomic E-state index is 11.2. The van der Waals surface area contributed by atoms with Gasteiger partial charge in [-0.15, -0.1) is 0 Å². The summed E-state index contributed by atoms with van der Waals surface area (Å²) in [6.07, 6.45) is 7.41. The van der Waals surface area contributed by atoms with Crippen molar-refractivity contribution in [2.45, 2.75) is 50.7 Å². The van der Waals surface area contributed by atoms with Crippen LogP contribution >= 0.6 is 0 Å². The first-order valence-electron chi connectivity index (χ1n) is 6.23. The Morgan fingerprint density at radius 2 is 1.50 bits per heavy atom. The van der Waals surface area contributed by atoms with E-state index in [0.717, 1.165) is 43.8 Å². The van der Waals surface area contributed by atoms with E-state index in [1.165, 1.54) is 25.7 Å². The van der Waals surface area contributed by atoms with Gasteiger partial charge in [-0.3, -0.25) is 0 Å². The summed E-state index contributed by atoms with van der Waals surface area (Å²) in [4.78, 5) is 2.58. The van der Waals surface area contributed by atoms with Crippen LogP contribution in [0.4, 0.5) is 0 Å². The predicted octanol–water partition coefficient (Wildman–Crippen LogP) is 2.07. The molecule has 0 atom stereocenters. The summed E-state index contributed by atoms with van der Waals surface area (Å²) in [5.41, 5.74) is 0. The number of hydrogen-bond acceptors (Lipinski definition) is 1. The molecule has 3 rings (SSSR count). The van der Waals surface area contributed by atoms with Gasteiger partial charge in [0.05, 0.1) is 6.10 Å². The molecule has 2 saturated carbocycles. The van der Waals surface area contributed by atoms with Gasteiger partial charge in [-0.2, -0.15) is 0 Å². The third-order valence-electron chi connectivity index (χ3n) is 4.43. The Bertz CT molecular complexity index is 200. The van der Waals surface area contributed by atoms with Crippen molar-refractivity contribution in [2.75, 3.05) is 13.1 Å². The Labute approximate surface area is 86.3 Å². The Morgan fingerprint density at radius 3 is 2.07 bits per heavy atom. The molecule has 0 amide bonds. The molecule has 14 heavy (non-hydrogen) atoms. The van der Waals surface area contributed by atoms with Crippen molar-refractivity contribution < 1.29 is 5.11 Å². The Hall–Kier alpha value is -0.0800. The van der Waals surface area contributed by atoms with Crippen molar-refractivity contribution in [3.63, 3.8) is 0 Å². The third-order valence-corrected chi connectivity index (χ3v) is 4.43. The van der Waals surface area contributed by atoms with E-state index < -0.39 is 0 Å². The quantitative estimate of drug-likeness (QED) is 0.660. The molecule has 0 spiro atoms. The first-order chi connectivity index (χ1) is 6.83. The summed E-state index contributed by atoms with van der Waals surface area (Å²) in [5.74, 6) is 2.16. The lowest BCUT2D eigenvalue weighted by Crippen LogP contribution is -2.49. The van der Waals surface area contributed by atoms with Gasteiger partial charge >= 0.3 is 0 Å².